The lowest BCUT2D eigenvalue weighted by atomic mass is 9.99. The summed E-state index contributed by atoms with van der Waals surface area (Å²) in [4.78, 5) is 18.9. The molecule has 2 unspecified atom stereocenters. The summed E-state index contributed by atoms with van der Waals surface area (Å²) in [5.41, 5.74) is 6.43. The fourth-order valence-corrected chi connectivity index (χ4v) is 3.46. The summed E-state index contributed by atoms with van der Waals surface area (Å²) < 4.78 is 13.1. The average Bonchev–Trinajstić information content (AvgIpc) is 3.11. The lowest BCUT2D eigenvalue weighted by molar-refractivity contribution is -0.121. The molecule has 0 radical (unpaired) electrons. The highest BCUT2D eigenvalue weighted by Gasteiger charge is 2.23. The second-order valence-electron chi connectivity index (χ2n) is 6.96. The number of likely N-dealkylation sites (N-methyl/N-ethyl adjacent to an activating group) is 1. The third-order valence-electron chi connectivity index (χ3n) is 5.02. The first kappa shape index (κ1) is 24.6. The molecular formula is C20H33FIN5O. The Balaban J connectivity index is 0.00000392. The van der Waals surface area contributed by atoms with Gasteiger partial charge in [-0.05, 0) is 57.0 Å². The van der Waals surface area contributed by atoms with Gasteiger partial charge in [-0.3, -0.25) is 14.7 Å². The van der Waals surface area contributed by atoms with Gasteiger partial charge in [0.2, 0.25) is 5.91 Å². The first-order valence-corrected chi connectivity index (χ1v) is 9.83. The molecule has 6 nitrogen and oxygen atoms in total. The number of carbonyl (C=O) groups is 1. The number of benzene rings is 1. The largest absolute Gasteiger partial charge is 0.369 e. The van der Waals surface area contributed by atoms with Crippen LogP contribution in [0, 0.1) is 11.7 Å². The number of nitrogens with zero attached hydrogens (tertiary/aromatic N) is 2. The quantitative estimate of drug-likeness (QED) is 0.273. The highest BCUT2D eigenvalue weighted by Crippen LogP contribution is 2.15. The van der Waals surface area contributed by atoms with Crippen LogP contribution in [0.2, 0.25) is 0 Å². The van der Waals surface area contributed by atoms with Gasteiger partial charge in [0.15, 0.2) is 5.96 Å². The van der Waals surface area contributed by atoms with E-state index in [9.17, 15) is 9.18 Å². The molecule has 0 bridgehead atoms. The molecule has 4 N–H and O–H groups in total. The summed E-state index contributed by atoms with van der Waals surface area (Å²) in [5.74, 6) is -0.415. The Morgan fingerprint density at radius 2 is 2.04 bits per heavy atom. The highest BCUT2D eigenvalue weighted by molar-refractivity contribution is 14.0. The van der Waals surface area contributed by atoms with E-state index in [0.717, 1.165) is 31.7 Å². The molecule has 1 saturated heterocycles. The average molecular weight is 505 g/mol. The SMILES string of the molecule is CCNC(=NCC(Cc1ccc(F)cc1)C(N)=O)NCC1CCCN1CC.I. The van der Waals surface area contributed by atoms with Gasteiger partial charge in [0.25, 0.3) is 0 Å². The second-order valence-corrected chi connectivity index (χ2v) is 6.96. The number of guanidine groups is 1. The van der Waals surface area contributed by atoms with Gasteiger partial charge in [-0.2, -0.15) is 0 Å². The van der Waals surface area contributed by atoms with Gasteiger partial charge in [0.1, 0.15) is 5.82 Å². The van der Waals surface area contributed by atoms with E-state index >= 15 is 0 Å². The molecule has 1 aromatic carbocycles. The van der Waals surface area contributed by atoms with E-state index < -0.39 is 11.8 Å². The van der Waals surface area contributed by atoms with Crippen molar-refractivity contribution < 1.29 is 9.18 Å². The Labute approximate surface area is 184 Å². The standard InChI is InChI=1S/C20H32FN5O.HI/c1-3-23-20(25-14-18-6-5-11-26(18)4-2)24-13-16(19(22)27)12-15-7-9-17(21)10-8-15;/h7-10,16,18H,3-6,11-14H2,1-2H3,(H2,22,27)(H2,23,24,25);1H. The lowest BCUT2D eigenvalue weighted by Gasteiger charge is -2.24. The van der Waals surface area contributed by atoms with Crippen molar-refractivity contribution in [3.05, 3.63) is 35.6 Å². The predicted octanol–water partition coefficient (Wildman–Crippen LogP) is 2.13. The summed E-state index contributed by atoms with van der Waals surface area (Å²) in [6.45, 7) is 8.27. The van der Waals surface area contributed by atoms with Crippen LogP contribution in [0.15, 0.2) is 29.3 Å². The molecule has 8 heteroatoms. The molecule has 0 saturated carbocycles. The van der Waals surface area contributed by atoms with Gasteiger partial charge >= 0.3 is 0 Å². The van der Waals surface area contributed by atoms with E-state index in [-0.39, 0.29) is 29.8 Å². The molecule has 1 heterocycles. The molecular weight excluding hydrogens is 472 g/mol. The normalized spacial score (nSPS) is 18.4. The van der Waals surface area contributed by atoms with E-state index in [1.54, 1.807) is 12.1 Å². The summed E-state index contributed by atoms with van der Waals surface area (Å²) in [6.07, 6.45) is 2.87. The molecule has 1 aliphatic rings. The van der Waals surface area contributed by atoms with Crippen molar-refractivity contribution in [3.63, 3.8) is 0 Å². The van der Waals surface area contributed by atoms with Crippen molar-refractivity contribution in [2.45, 2.75) is 39.2 Å². The van der Waals surface area contributed by atoms with Crippen LogP contribution in [-0.4, -0.2) is 55.5 Å². The number of halogens is 2. The minimum absolute atomic E-state index is 0. The van der Waals surface area contributed by atoms with E-state index in [2.05, 4.69) is 27.4 Å². The molecule has 0 aromatic heterocycles. The number of carbonyl (C=O) groups excluding carboxylic acids is 1. The maximum absolute atomic E-state index is 13.1. The summed E-state index contributed by atoms with van der Waals surface area (Å²) in [7, 11) is 0. The molecule has 0 aliphatic carbocycles. The van der Waals surface area contributed by atoms with E-state index in [4.69, 9.17) is 5.73 Å². The van der Waals surface area contributed by atoms with E-state index in [0.29, 0.717) is 25.0 Å². The van der Waals surface area contributed by atoms with Crippen LogP contribution in [0.4, 0.5) is 4.39 Å². The number of amides is 1. The number of hydrogen-bond donors (Lipinski definition) is 3. The number of nitrogens with two attached hydrogens (primary N) is 1. The zero-order chi connectivity index (χ0) is 19.6. The van der Waals surface area contributed by atoms with Gasteiger partial charge in [-0.15, -0.1) is 24.0 Å². The minimum Gasteiger partial charge on any atom is -0.369 e. The molecule has 1 fully saturated rings. The summed E-state index contributed by atoms with van der Waals surface area (Å²) in [6, 6.07) is 6.66. The Kier molecular flexibility index (Phi) is 11.4. The van der Waals surface area contributed by atoms with Crippen molar-refractivity contribution in [1.29, 1.82) is 0 Å². The number of nitrogens with one attached hydrogen (secondary N) is 2. The maximum Gasteiger partial charge on any atom is 0.222 e. The number of primary amides is 1. The van der Waals surface area contributed by atoms with Crippen LogP contribution in [-0.2, 0) is 11.2 Å². The maximum atomic E-state index is 13.1. The summed E-state index contributed by atoms with van der Waals surface area (Å²) in [5, 5.41) is 6.61. The van der Waals surface area contributed by atoms with Crippen LogP contribution in [0.25, 0.3) is 0 Å². The monoisotopic (exact) mass is 505 g/mol. The number of rotatable bonds is 9. The molecule has 1 aliphatic heterocycles. The van der Waals surface area contributed by atoms with Crippen LogP contribution < -0.4 is 16.4 Å². The fraction of sp³-hybridized carbons (Fsp3) is 0.600. The molecule has 2 atom stereocenters. The number of hydrogen-bond acceptors (Lipinski definition) is 3. The first-order chi connectivity index (χ1) is 13.0. The zero-order valence-corrected chi connectivity index (χ0v) is 19.1. The number of likely N-dealkylation sites (tertiary alicyclic amines) is 1. The Hall–Kier alpha value is -1.42. The van der Waals surface area contributed by atoms with Crippen molar-refractivity contribution in [1.82, 2.24) is 15.5 Å². The van der Waals surface area contributed by atoms with Crippen molar-refractivity contribution in [2.75, 3.05) is 32.7 Å². The summed E-state index contributed by atoms with van der Waals surface area (Å²) >= 11 is 0. The predicted molar refractivity (Wildman–Crippen MR) is 122 cm³/mol. The minimum atomic E-state index is -0.426. The van der Waals surface area contributed by atoms with Crippen LogP contribution in [0.3, 0.4) is 0 Å². The highest BCUT2D eigenvalue weighted by atomic mass is 127. The Morgan fingerprint density at radius 1 is 1.32 bits per heavy atom. The molecule has 0 spiro atoms. The first-order valence-electron chi connectivity index (χ1n) is 9.83. The van der Waals surface area contributed by atoms with Gasteiger partial charge < -0.3 is 16.4 Å². The van der Waals surface area contributed by atoms with Gasteiger partial charge in [-0.25, -0.2) is 4.39 Å². The van der Waals surface area contributed by atoms with Gasteiger partial charge in [0, 0.05) is 19.1 Å². The molecule has 158 valence electrons. The Bertz CT molecular complexity index is 626. The van der Waals surface area contributed by atoms with Crippen molar-refractivity contribution >= 4 is 35.8 Å². The third-order valence-corrected chi connectivity index (χ3v) is 5.02. The van der Waals surface area contributed by atoms with Gasteiger partial charge in [0.05, 0.1) is 12.5 Å². The van der Waals surface area contributed by atoms with Crippen molar-refractivity contribution in [3.8, 4) is 0 Å². The van der Waals surface area contributed by atoms with Crippen molar-refractivity contribution in [2.24, 2.45) is 16.6 Å². The van der Waals surface area contributed by atoms with Crippen LogP contribution >= 0.6 is 24.0 Å². The topological polar surface area (TPSA) is 82.7 Å². The molecule has 28 heavy (non-hydrogen) atoms. The van der Waals surface area contributed by atoms with E-state index in [1.165, 1.54) is 25.0 Å². The molecule has 1 amide bonds. The smallest absolute Gasteiger partial charge is 0.222 e. The van der Waals surface area contributed by atoms with E-state index in [1.807, 2.05) is 6.92 Å². The molecule has 2 rings (SSSR count). The van der Waals surface area contributed by atoms with Gasteiger partial charge in [-0.1, -0.05) is 19.1 Å². The zero-order valence-electron chi connectivity index (χ0n) is 16.8. The third kappa shape index (κ3) is 7.90. The fourth-order valence-electron chi connectivity index (χ4n) is 3.46. The molecule has 1 aromatic rings. The van der Waals surface area contributed by atoms with Crippen LogP contribution in [0.1, 0.15) is 32.3 Å². The van der Waals surface area contributed by atoms with Crippen LogP contribution in [0.5, 0.6) is 0 Å². The second kappa shape index (κ2) is 12.9. The number of aliphatic imine (C=N–C) groups is 1. The lowest BCUT2D eigenvalue weighted by Crippen LogP contribution is -2.45. The Morgan fingerprint density at radius 3 is 2.64 bits per heavy atom.